The van der Waals surface area contributed by atoms with Crippen LogP contribution in [0.2, 0.25) is 0 Å². The Hall–Kier alpha value is -0.870. The zero-order valence-electron chi connectivity index (χ0n) is 8.20. The van der Waals surface area contributed by atoms with E-state index >= 15 is 0 Å². The highest BCUT2D eigenvalue weighted by Gasteiger charge is 2.13. The van der Waals surface area contributed by atoms with Gasteiger partial charge in [-0.1, -0.05) is 0 Å². The highest BCUT2D eigenvalue weighted by molar-refractivity contribution is 5.88. The van der Waals surface area contributed by atoms with Crippen LogP contribution in [-0.4, -0.2) is 36.0 Å². The summed E-state index contributed by atoms with van der Waals surface area (Å²) in [5.41, 5.74) is 0.935. The summed E-state index contributed by atoms with van der Waals surface area (Å²) in [5.74, 6) is -0.450. The second kappa shape index (κ2) is 5.72. The fourth-order valence-electron chi connectivity index (χ4n) is 0.903. The zero-order chi connectivity index (χ0) is 10.4. The smallest absolute Gasteiger partial charge is 0.333 e. The van der Waals surface area contributed by atoms with Gasteiger partial charge < -0.3 is 14.9 Å². The summed E-state index contributed by atoms with van der Waals surface area (Å²) in [6, 6.07) is 0. The first kappa shape index (κ1) is 12.1. The van der Waals surface area contributed by atoms with Gasteiger partial charge >= 0.3 is 5.97 Å². The van der Waals surface area contributed by atoms with Crippen molar-refractivity contribution in [3.05, 3.63) is 11.1 Å². The molecule has 0 aliphatic heterocycles. The molecule has 0 spiro atoms. The second-order valence-electron chi connectivity index (χ2n) is 2.83. The van der Waals surface area contributed by atoms with Crippen LogP contribution in [0.25, 0.3) is 0 Å². The quantitative estimate of drug-likeness (QED) is 0.490. The van der Waals surface area contributed by atoms with Crippen molar-refractivity contribution < 1.29 is 19.7 Å². The number of esters is 1. The van der Waals surface area contributed by atoms with E-state index in [9.17, 15) is 9.90 Å². The predicted molar refractivity (Wildman–Crippen MR) is 48.1 cm³/mol. The number of carbonyl (C=O) groups is 1. The first-order valence-electron chi connectivity index (χ1n) is 4.09. The van der Waals surface area contributed by atoms with Gasteiger partial charge in [0.2, 0.25) is 0 Å². The van der Waals surface area contributed by atoms with Gasteiger partial charge in [-0.15, -0.1) is 0 Å². The lowest BCUT2D eigenvalue weighted by Crippen LogP contribution is -2.15. The molecular weight excluding hydrogens is 172 g/mol. The summed E-state index contributed by atoms with van der Waals surface area (Å²) >= 11 is 0. The van der Waals surface area contributed by atoms with E-state index in [1.807, 2.05) is 0 Å². The monoisotopic (exact) mass is 188 g/mol. The third-order valence-corrected chi connectivity index (χ3v) is 1.99. The molecule has 0 radical (unpaired) electrons. The van der Waals surface area contributed by atoms with Gasteiger partial charge in [0.1, 0.15) is 0 Å². The van der Waals surface area contributed by atoms with Gasteiger partial charge in [0.05, 0.1) is 13.2 Å². The van der Waals surface area contributed by atoms with Crippen molar-refractivity contribution in [2.75, 3.05) is 13.7 Å². The largest absolute Gasteiger partial charge is 0.466 e. The molecule has 0 aromatic heterocycles. The lowest BCUT2D eigenvalue weighted by atomic mass is 10.0. The topological polar surface area (TPSA) is 66.8 Å². The van der Waals surface area contributed by atoms with Crippen molar-refractivity contribution in [2.45, 2.75) is 26.4 Å². The van der Waals surface area contributed by atoms with Crippen molar-refractivity contribution in [1.29, 1.82) is 0 Å². The van der Waals surface area contributed by atoms with Crippen molar-refractivity contribution in [1.82, 2.24) is 0 Å². The maximum Gasteiger partial charge on any atom is 0.333 e. The van der Waals surface area contributed by atoms with Crippen LogP contribution in [0, 0.1) is 0 Å². The van der Waals surface area contributed by atoms with Gasteiger partial charge in [0.15, 0.2) is 0 Å². The Morgan fingerprint density at radius 3 is 2.38 bits per heavy atom. The summed E-state index contributed by atoms with van der Waals surface area (Å²) in [7, 11) is 1.29. The first-order chi connectivity index (χ1) is 6.04. The zero-order valence-corrected chi connectivity index (χ0v) is 8.20. The summed E-state index contributed by atoms with van der Waals surface area (Å²) in [6.07, 6.45) is -0.538. The van der Waals surface area contributed by atoms with Crippen LogP contribution >= 0.6 is 0 Å². The fourth-order valence-corrected chi connectivity index (χ4v) is 0.903. The van der Waals surface area contributed by atoms with Crippen LogP contribution in [0.3, 0.4) is 0 Å². The first-order valence-corrected chi connectivity index (χ1v) is 4.09. The van der Waals surface area contributed by atoms with Crippen LogP contribution in [0.4, 0.5) is 0 Å². The lowest BCUT2D eigenvalue weighted by Gasteiger charge is -2.12. The van der Waals surface area contributed by atoms with E-state index in [0.717, 1.165) is 0 Å². The molecule has 0 bridgehead atoms. The number of methoxy groups -OCH3 is 1. The Kier molecular flexibility index (Phi) is 5.34. The summed E-state index contributed by atoms with van der Waals surface area (Å²) in [6.45, 7) is 3.13. The van der Waals surface area contributed by atoms with Crippen LogP contribution in [0.1, 0.15) is 20.3 Å². The summed E-state index contributed by atoms with van der Waals surface area (Å²) in [4.78, 5) is 11.0. The van der Waals surface area contributed by atoms with Crippen molar-refractivity contribution >= 4 is 5.97 Å². The van der Waals surface area contributed by atoms with Crippen LogP contribution < -0.4 is 0 Å². The Morgan fingerprint density at radius 1 is 1.46 bits per heavy atom. The predicted octanol–water partition coefficient (Wildman–Crippen LogP) is 0.239. The van der Waals surface area contributed by atoms with Crippen molar-refractivity contribution in [3.63, 3.8) is 0 Å². The number of rotatable bonds is 4. The fraction of sp³-hybridized carbons (Fsp3) is 0.667. The molecule has 4 heteroatoms. The van der Waals surface area contributed by atoms with Gasteiger partial charge in [-0.05, 0) is 19.4 Å². The third kappa shape index (κ3) is 3.57. The highest BCUT2D eigenvalue weighted by atomic mass is 16.5. The average molecular weight is 188 g/mol. The maximum atomic E-state index is 11.0. The highest BCUT2D eigenvalue weighted by Crippen LogP contribution is 2.12. The number of hydrogen-bond donors (Lipinski definition) is 2. The summed E-state index contributed by atoms with van der Waals surface area (Å²) < 4.78 is 4.49. The third-order valence-electron chi connectivity index (χ3n) is 1.99. The minimum absolute atomic E-state index is 0.104. The van der Waals surface area contributed by atoms with Gasteiger partial charge in [-0.25, -0.2) is 4.79 Å². The van der Waals surface area contributed by atoms with E-state index in [-0.39, 0.29) is 13.0 Å². The normalized spacial score (nSPS) is 14.8. The molecule has 0 saturated heterocycles. The molecule has 0 aromatic rings. The summed E-state index contributed by atoms with van der Waals surface area (Å²) in [5, 5.41) is 18.0. The molecule has 0 saturated carbocycles. The molecule has 2 N–H and O–H groups in total. The molecule has 0 fully saturated rings. The van der Waals surface area contributed by atoms with E-state index in [1.54, 1.807) is 13.8 Å². The molecule has 76 valence electrons. The minimum Gasteiger partial charge on any atom is -0.466 e. The number of carbonyl (C=O) groups excluding carboxylic acids is 1. The van der Waals surface area contributed by atoms with Gasteiger partial charge in [-0.2, -0.15) is 0 Å². The van der Waals surface area contributed by atoms with Crippen molar-refractivity contribution in [3.8, 4) is 0 Å². The Labute approximate surface area is 77.8 Å². The molecular formula is C9H16O4. The van der Waals surface area contributed by atoms with Crippen LogP contribution in [0.15, 0.2) is 11.1 Å². The molecule has 0 rings (SSSR count). The standard InChI is InChI=1S/C9H16O4/c1-6(8(11)4-5-10)7(2)9(12)13-3/h8,10-11H,4-5H2,1-3H3. The molecule has 0 aliphatic rings. The average Bonchev–Trinajstić information content (AvgIpc) is 2.14. The second-order valence-corrected chi connectivity index (χ2v) is 2.83. The number of aliphatic hydroxyl groups is 2. The Morgan fingerprint density at radius 2 is 2.00 bits per heavy atom. The molecule has 0 aromatic carbocycles. The van der Waals surface area contributed by atoms with Crippen LogP contribution in [0.5, 0.6) is 0 Å². The molecule has 0 aliphatic carbocycles. The van der Waals surface area contributed by atoms with E-state index in [1.165, 1.54) is 7.11 Å². The molecule has 0 heterocycles. The number of hydrogen-bond acceptors (Lipinski definition) is 4. The van der Waals surface area contributed by atoms with Crippen molar-refractivity contribution in [2.24, 2.45) is 0 Å². The van der Waals surface area contributed by atoms with Gasteiger partial charge in [-0.3, -0.25) is 0 Å². The van der Waals surface area contributed by atoms with E-state index in [0.29, 0.717) is 11.1 Å². The molecule has 1 atom stereocenters. The van der Waals surface area contributed by atoms with E-state index < -0.39 is 12.1 Å². The molecule has 0 amide bonds. The Bertz CT molecular complexity index is 208. The molecule has 4 nitrogen and oxygen atoms in total. The van der Waals surface area contributed by atoms with E-state index in [2.05, 4.69) is 4.74 Å². The maximum absolute atomic E-state index is 11.0. The minimum atomic E-state index is -0.774. The Balaban J connectivity index is 4.50. The SMILES string of the molecule is COC(=O)C(C)=C(C)C(O)CCO. The van der Waals surface area contributed by atoms with Crippen LogP contribution in [-0.2, 0) is 9.53 Å². The van der Waals surface area contributed by atoms with E-state index in [4.69, 9.17) is 5.11 Å². The van der Waals surface area contributed by atoms with Gasteiger partial charge in [0, 0.05) is 18.6 Å². The van der Waals surface area contributed by atoms with Gasteiger partial charge in [0.25, 0.3) is 0 Å². The number of aliphatic hydroxyl groups excluding tert-OH is 2. The lowest BCUT2D eigenvalue weighted by molar-refractivity contribution is -0.136. The number of ether oxygens (including phenoxy) is 1. The molecule has 13 heavy (non-hydrogen) atoms. The molecule has 1 unspecified atom stereocenters.